The van der Waals surface area contributed by atoms with Crippen LogP contribution >= 0.6 is 11.3 Å². The number of amides is 1. The van der Waals surface area contributed by atoms with Crippen LogP contribution in [0.5, 0.6) is 0 Å². The van der Waals surface area contributed by atoms with Crippen LogP contribution in [-0.4, -0.2) is 60.9 Å². The lowest BCUT2D eigenvalue weighted by Crippen LogP contribution is -2.42. The van der Waals surface area contributed by atoms with Gasteiger partial charge in [-0.2, -0.15) is 0 Å². The molecule has 3 aromatic rings. The molecule has 1 aliphatic rings. The van der Waals surface area contributed by atoms with E-state index >= 15 is 0 Å². The first-order chi connectivity index (χ1) is 15.7. The van der Waals surface area contributed by atoms with Gasteiger partial charge in [-0.15, -0.1) is 11.3 Å². The molecule has 0 atom stereocenters. The van der Waals surface area contributed by atoms with Crippen molar-refractivity contribution < 1.29 is 22.7 Å². The quantitative estimate of drug-likeness (QED) is 0.512. The van der Waals surface area contributed by atoms with Crippen molar-refractivity contribution in [1.29, 1.82) is 0 Å². The summed E-state index contributed by atoms with van der Waals surface area (Å²) in [6, 6.07) is 7.74. The monoisotopic (exact) mass is 488 g/mol. The van der Waals surface area contributed by atoms with Crippen LogP contribution in [0.15, 0.2) is 46.8 Å². The minimum atomic E-state index is -3.93. The average Bonchev–Trinajstić information content (AvgIpc) is 3.41. The third kappa shape index (κ3) is 5.32. The standard InChI is InChI=1S/C22H24N4O5S2/c1-15-14-32-22(23-15)20-11-19(12-26(20)13-21(28)25-7-9-31-10-8-25)33(29,30)24-18-5-3-17(4-6-18)16(2)27/h3-6,11-12,14,24H,7-10,13H2,1-2H3. The number of carbonyl (C=O) groups is 2. The highest BCUT2D eigenvalue weighted by Crippen LogP contribution is 2.29. The van der Waals surface area contributed by atoms with Crippen LogP contribution in [0.4, 0.5) is 5.69 Å². The molecule has 3 heterocycles. The van der Waals surface area contributed by atoms with Gasteiger partial charge in [-0.1, -0.05) is 0 Å². The van der Waals surface area contributed by atoms with Gasteiger partial charge in [0.25, 0.3) is 10.0 Å². The molecular formula is C22H24N4O5S2. The number of anilines is 1. The number of hydrogen-bond donors (Lipinski definition) is 1. The number of carbonyl (C=O) groups excluding carboxylic acids is 2. The number of aromatic nitrogens is 2. The van der Waals surface area contributed by atoms with E-state index in [1.807, 2.05) is 12.3 Å². The number of morpholine rings is 1. The summed E-state index contributed by atoms with van der Waals surface area (Å²) in [5, 5.41) is 2.51. The maximum Gasteiger partial charge on any atom is 0.263 e. The summed E-state index contributed by atoms with van der Waals surface area (Å²) in [5.74, 6) is -0.213. The molecule has 1 aromatic carbocycles. The van der Waals surface area contributed by atoms with Gasteiger partial charge in [-0.05, 0) is 44.2 Å². The summed E-state index contributed by atoms with van der Waals surface area (Å²) in [5.41, 5.74) is 2.20. The second-order valence-corrected chi connectivity index (χ2v) is 10.3. The first kappa shape index (κ1) is 23.1. The van der Waals surface area contributed by atoms with Gasteiger partial charge < -0.3 is 14.2 Å². The van der Waals surface area contributed by atoms with E-state index in [0.717, 1.165) is 5.69 Å². The van der Waals surface area contributed by atoms with Crippen molar-refractivity contribution in [3.63, 3.8) is 0 Å². The SMILES string of the molecule is CC(=O)c1ccc(NS(=O)(=O)c2cc(-c3nc(C)cs3)n(CC(=O)N3CCOCC3)c2)cc1. The number of nitrogens with one attached hydrogen (secondary N) is 1. The van der Waals surface area contributed by atoms with Crippen LogP contribution in [0, 0.1) is 6.92 Å². The van der Waals surface area contributed by atoms with E-state index < -0.39 is 10.0 Å². The number of hydrogen-bond acceptors (Lipinski definition) is 7. The highest BCUT2D eigenvalue weighted by Gasteiger charge is 2.24. The Balaban J connectivity index is 1.63. The number of rotatable bonds is 7. The van der Waals surface area contributed by atoms with Crippen molar-refractivity contribution in [3.8, 4) is 10.7 Å². The maximum atomic E-state index is 13.1. The Morgan fingerprint density at radius 2 is 1.88 bits per heavy atom. The molecule has 1 aliphatic heterocycles. The molecule has 0 bridgehead atoms. The Morgan fingerprint density at radius 3 is 2.48 bits per heavy atom. The Labute approximate surface area is 196 Å². The summed E-state index contributed by atoms with van der Waals surface area (Å²) in [7, 11) is -3.93. The number of ketones is 1. The van der Waals surface area contributed by atoms with Crippen LogP contribution < -0.4 is 4.72 Å². The van der Waals surface area contributed by atoms with Crippen molar-refractivity contribution >= 4 is 38.7 Å². The summed E-state index contributed by atoms with van der Waals surface area (Å²) in [4.78, 5) is 30.5. The molecule has 9 nitrogen and oxygen atoms in total. The van der Waals surface area contributed by atoms with E-state index in [1.165, 1.54) is 30.5 Å². The van der Waals surface area contributed by atoms with E-state index in [1.54, 1.807) is 33.7 Å². The Morgan fingerprint density at radius 1 is 1.18 bits per heavy atom. The molecule has 0 radical (unpaired) electrons. The fourth-order valence-corrected chi connectivity index (χ4v) is 5.38. The second-order valence-electron chi connectivity index (χ2n) is 7.72. The summed E-state index contributed by atoms with van der Waals surface area (Å²) in [6.07, 6.45) is 1.46. The topological polar surface area (TPSA) is 111 Å². The zero-order valence-electron chi connectivity index (χ0n) is 18.3. The fraction of sp³-hybridized carbons (Fsp3) is 0.318. The first-order valence-corrected chi connectivity index (χ1v) is 12.7. The van der Waals surface area contributed by atoms with Crippen molar-refractivity contribution in [2.75, 3.05) is 31.0 Å². The number of Topliss-reactive ketones (excluding diaryl/α,β-unsaturated/α-hetero) is 1. The number of thiazole rings is 1. The molecule has 1 saturated heterocycles. The van der Waals surface area contributed by atoms with E-state index in [2.05, 4.69) is 9.71 Å². The summed E-state index contributed by atoms with van der Waals surface area (Å²) in [6.45, 7) is 5.29. The van der Waals surface area contributed by atoms with E-state index in [0.29, 0.717) is 48.3 Å². The highest BCUT2D eigenvalue weighted by molar-refractivity contribution is 7.92. The molecule has 0 spiro atoms. The zero-order valence-corrected chi connectivity index (χ0v) is 19.9. The molecule has 1 N–H and O–H groups in total. The predicted molar refractivity (Wildman–Crippen MR) is 125 cm³/mol. The van der Waals surface area contributed by atoms with Gasteiger partial charge in [0, 0.05) is 41.6 Å². The number of benzene rings is 1. The maximum absolute atomic E-state index is 13.1. The molecule has 4 rings (SSSR count). The molecule has 1 amide bonds. The first-order valence-electron chi connectivity index (χ1n) is 10.3. The minimum Gasteiger partial charge on any atom is -0.378 e. The Bertz CT molecular complexity index is 1270. The van der Waals surface area contributed by atoms with Gasteiger partial charge in [-0.3, -0.25) is 14.3 Å². The number of aryl methyl sites for hydroxylation is 1. The summed E-state index contributed by atoms with van der Waals surface area (Å²) >= 11 is 1.39. The molecular weight excluding hydrogens is 464 g/mol. The van der Waals surface area contributed by atoms with Gasteiger partial charge in [0.05, 0.1) is 18.9 Å². The number of nitrogens with zero attached hydrogens (tertiary/aromatic N) is 3. The predicted octanol–water partition coefficient (Wildman–Crippen LogP) is 2.78. The van der Waals surface area contributed by atoms with Gasteiger partial charge >= 0.3 is 0 Å². The molecule has 0 aliphatic carbocycles. The van der Waals surface area contributed by atoms with Crippen LogP contribution in [0.2, 0.25) is 0 Å². The van der Waals surface area contributed by atoms with Gasteiger partial charge in [-0.25, -0.2) is 13.4 Å². The van der Waals surface area contributed by atoms with Gasteiger partial charge in [0.15, 0.2) is 5.78 Å². The molecule has 11 heteroatoms. The minimum absolute atomic E-state index is 0.00319. The molecule has 1 fully saturated rings. The van der Waals surface area contributed by atoms with Gasteiger partial charge in [0.2, 0.25) is 5.91 Å². The summed E-state index contributed by atoms with van der Waals surface area (Å²) < 4.78 is 35.6. The third-order valence-electron chi connectivity index (χ3n) is 5.23. The van der Waals surface area contributed by atoms with Crippen LogP contribution in [0.25, 0.3) is 10.7 Å². The fourth-order valence-electron chi connectivity index (χ4n) is 3.46. The highest BCUT2D eigenvalue weighted by atomic mass is 32.2. The lowest BCUT2D eigenvalue weighted by atomic mass is 10.1. The largest absolute Gasteiger partial charge is 0.378 e. The van der Waals surface area contributed by atoms with Crippen LogP contribution in [-0.2, 0) is 26.1 Å². The lowest BCUT2D eigenvalue weighted by Gasteiger charge is -2.27. The average molecular weight is 489 g/mol. The molecule has 2 aromatic heterocycles. The van der Waals surface area contributed by atoms with E-state index in [-0.39, 0.29) is 23.1 Å². The Hall–Kier alpha value is -3.02. The van der Waals surface area contributed by atoms with E-state index in [4.69, 9.17) is 4.74 Å². The van der Waals surface area contributed by atoms with Crippen molar-refractivity contribution in [2.45, 2.75) is 25.3 Å². The molecule has 0 saturated carbocycles. The van der Waals surface area contributed by atoms with Crippen molar-refractivity contribution in [2.24, 2.45) is 0 Å². The molecule has 33 heavy (non-hydrogen) atoms. The number of ether oxygens (including phenoxy) is 1. The van der Waals surface area contributed by atoms with Crippen LogP contribution in [0.3, 0.4) is 0 Å². The Kier molecular flexibility index (Phi) is 6.63. The lowest BCUT2D eigenvalue weighted by molar-refractivity contribution is -0.135. The van der Waals surface area contributed by atoms with E-state index in [9.17, 15) is 18.0 Å². The molecule has 174 valence electrons. The van der Waals surface area contributed by atoms with Crippen LogP contribution in [0.1, 0.15) is 23.0 Å². The second kappa shape index (κ2) is 9.46. The zero-order chi connectivity index (χ0) is 23.6. The molecule has 0 unspecified atom stereocenters. The third-order valence-corrected chi connectivity index (χ3v) is 7.56. The smallest absolute Gasteiger partial charge is 0.263 e. The van der Waals surface area contributed by atoms with Crippen molar-refractivity contribution in [3.05, 3.63) is 53.2 Å². The normalized spacial score (nSPS) is 14.3. The van der Waals surface area contributed by atoms with Gasteiger partial charge in [0.1, 0.15) is 16.4 Å². The number of sulfonamides is 1. The van der Waals surface area contributed by atoms with Crippen molar-refractivity contribution in [1.82, 2.24) is 14.5 Å².